The van der Waals surface area contributed by atoms with Crippen molar-refractivity contribution in [3.05, 3.63) is 65.9 Å². The summed E-state index contributed by atoms with van der Waals surface area (Å²) in [5.41, 5.74) is 0.895. The first-order chi connectivity index (χ1) is 14.3. The van der Waals surface area contributed by atoms with E-state index in [-0.39, 0.29) is 34.1 Å². The zero-order valence-electron chi connectivity index (χ0n) is 16.5. The molecule has 0 spiro atoms. The van der Waals surface area contributed by atoms with Crippen LogP contribution in [-0.2, 0) is 21.4 Å². The van der Waals surface area contributed by atoms with Gasteiger partial charge in [0.1, 0.15) is 23.0 Å². The average Bonchev–Trinajstić information content (AvgIpc) is 3.11. The summed E-state index contributed by atoms with van der Waals surface area (Å²) < 4.78 is 52.7. The standard InChI is InChI=1S/C20H20FN3O5S/c1-13-8-9-15(10-23-13)30(26,27)24-11-14(12-29-20(25)22-2)19(28-3)18(24)16-6-4-5-7-17(16)21/h4-11H,12H2,1-3H3,(H,22,25). The van der Waals surface area contributed by atoms with Gasteiger partial charge >= 0.3 is 6.09 Å². The second-order valence-electron chi connectivity index (χ2n) is 6.28. The summed E-state index contributed by atoms with van der Waals surface area (Å²) >= 11 is 0. The molecule has 8 nitrogen and oxygen atoms in total. The van der Waals surface area contributed by atoms with Gasteiger partial charge < -0.3 is 14.8 Å². The first kappa shape index (κ1) is 21.3. The van der Waals surface area contributed by atoms with Gasteiger partial charge in [-0.2, -0.15) is 0 Å². The number of carbonyl (C=O) groups is 1. The lowest BCUT2D eigenvalue weighted by Gasteiger charge is -2.13. The molecule has 0 radical (unpaired) electrons. The van der Waals surface area contributed by atoms with Gasteiger partial charge in [0.25, 0.3) is 10.0 Å². The van der Waals surface area contributed by atoms with Gasteiger partial charge in [0.2, 0.25) is 0 Å². The van der Waals surface area contributed by atoms with Crippen molar-refractivity contribution in [1.82, 2.24) is 14.3 Å². The van der Waals surface area contributed by atoms with Crippen molar-refractivity contribution < 1.29 is 27.1 Å². The van der Waals surface area contributed by atoms with E-state index in [0.29, 0.717) is 5.69 Å². The predicted molar refractivity (Wildman–Crippen MR) is 107 cm³/mol. The number of amides is 1. The number of aromatic nitrogens is 2. The molecule has 0 aliphatic rings. The molecule has 158 valence electrons. The number of rotatable bonds is 6. The number of hydrogen-bond donors (Lipinski definition) is 1. The zero-order chi connectivity index (χ0) is 21.9. The number of pyridine rings is 1. The van der Waals surface area contributed by atoms with Crippen molar-refractivity contribution in [3.8, 4) is 17.0 Å². The Bertz CT molecular complexity index is 1170. The predicted octanol–water partition coefficient (Wildman–Crippen LogP) is 3.10. The van der Waals surface area contributed by atoms with Crippen LogP contribution >= 0.6 is 0 Å². The molecule has 1 aromatic carbocycles. The molecule has 1 amide bonds. The SMILES string of the molecule is CNC(=O)OCc1cn(S(=O)(=O)c2ccc(C)nc2)c(-c2ccccc2F)c1OC. The van der Waals surface area contributed by atoms with Crippen LogP contribution in [0.2, 0.25) is 0 Å². The van der Waals surface area contributed by atoms with Crippen molar-refractivity contribution in [2.45, 2.75) is 18.4 Å². The normalized spacial score (nSPS) is 11.2. The largest absolute Gasteiger partial charge is 0.494 e. The Morgan fingerprint density at radius 2 is 1.97 bits per heavy atom. The van der Waals surface area contributed by atoms with Crippen molar-refractivity contribution in [1.29, 1.82) is 0 Å². The van der Waals surface area contributed by atoms with Crippen molar-refractivity contribution in [2.75, 3.05) is 14.2 Å². The van der Waals surface area contributed by atoms with Gasteiger partial charge in [0.05, 0.1) is 12.7 Å². The van der Waals surface area contributed by atoms with Crippen LogP contribution < -0.4 is 10.1 Å². The average molecular weight is 433 g/mol. The maximum atomic E-state index is 14.6. The highest BCUT2D eigenvalue weighted by Gasteiger charge is 2.29. The van der Waals surface area contributed by atoms with Crippen LogP contribution in [0.3, 0.4) is 0 Å². The topological polar surface area (TPSA) is 99.5 Å². The molecule has 3 rings (SSSR count). The van der Waals surface area contributed by atoms with Crippen molar-refractivity contribution in [3.63, 3.8) is 0 Å². The first-order valence-electron chi connectivity index (χ1n) is 8.85. The number of hydrogen-bond acceptors (Lipinski definition) is 6. The molecule has 30 heavy (non-hydrogen) atoms. The Labute approximate surface area is 173 Å². The van der Waals surface area contributed by atoms with Gasteiger partial charge in [-0.05, 0) is 31.2 Å². The van der Waals surface area contributed by atoms with Crippen molar-refractivity contribution in [2.24, 2.45) is 0 Å². The van der Waals surface area contributed by atoms with E-state index in [1.807, 2.05) is 0 Å². The second kappa shape index (κ2) is 8.54. The Hall–Kier alpha value is -3.40. The molecule has 2 aromatic heterocycles. The van der Waals surface area contributed by atoms with Crippen molar-refractivity contribution >= 4 is 16.1 Å². The van der Waals surface area contributed by atoms with Gasteiger partial charge in [0, 0.05) is 30.7 Å². The van der Waals surface area contributed by atoms with Crippen LogP contribution in [0.25, 0.3) is 11.3 Å². The van der Waals surface area contributed by atoms with Gasteiger partial charge in [-0.3, -0.25) is 4.98 Å². The Balaban J connectivity index is 2.25. The maximum Gasteiger partial charge on any atom is 0.407 e. The second-order valence-corrected chi connectivity index (χ2v) is 8.09. The monoisotopic (exact) mass is 433 g/mol. The Morgan fingerprint density at radius 1 is 1.23 bits per heavy atom. The van der Waals surface area contributed by atoms with Crippen LogP contribution in [0.15, 0.2) is 53.7 Å². The van der Waals surface area contributed by atoms with Gasteiger partial charge in [-0.25, -0.2) is 21.6 Å². The quantitative estimate of drug-likeness (QED) is 0.641. The number of methoxy groups -OCH3 is 1. The van der Waals surface area contributed by atoms with Crippen LogP contribution in [0.1, 0.15) is 11.3 Å². The molecule has 0 fully saturated rings. The van der Waals surface area contributed by atoms with E-state index in [1.54, 1.807) is 19.1 Å². The van der Waals surface area contributed by atoms with E-state index in [4.69, 9.17) is 9.47 Å². The lowest BCUT2D eigenvalue weighted by atomic mass is 10.1. The van der Waals surface area contributed by atoms with Crippen LogP contribution in [0.4, 0.5) is 9.18 Å². The number of ether oxygens (including phenoxy) is 2. The van der Waals surface area contributed by atoms with E-state index < -0.39 is 21.9 Å². The summed E-state index contributed by atoms with van der Waals surface area (Å²) in [4.78, 5) is 15.4. The van der Waals surface area contributed by atoms with E-state index in [9.17, 15) is 17.6 Å². The molecule has 1 N–H and O–H groups in total. The number of aryl methyl sites for hydroxylation is 1. The third-order valence-electron chi connectivity index (χ3n) is 4.34. The molecular weight excluding hydrogens is 413 g/mol. The lowest BCUT2D eigenvalue weighted by molar-refractivity contribution is 0.141. The third-order valence-corrected chi connectivity index (χ3v) is 5.98. The molecule has 0 saturated heterocycles. The molecule has 0 unspecified atom stereocenters. The fourth-order valence-corrected chi connectivity index (χ4v) is 4.21. The molecule has 2 heterocycles. The summed E-state index contributed by atoms with van der Waals surface area (Å²) in [6.07, 6.45) is 1.77. The lowest BCUT2D eigenvalue weighted by Crippen LogP contribution is -2.18. The molecule has 3 aromatic rings. The third kappa shape index (κ3) is 3.99. The van der Waals surface area contributed by atoms with Crippen LogP contribution in [0.5, 0.6) is 5.75 Å². The fourth-order valence-electron chi connectivity index (χ4n) is 2.87. The van der Waals surface area contributed by atoms with Gasteiger partial charge in [0.15, 0.2) is 5.75 Å². The Kier molecular flexibility index (Phi) is 6.06. The number of halogens is 1. The highest BCUT2D eigenvalue weighted by molar-refractivity contribution is 7.90. The smallest absolute Gasteiger partial charge is 0.407 e. The van der Waals surface area contributed by atoms with Crippen LogP contribution in [0, 0.1) is 12.7 Å². The van der Waals surface area contributed by atoms with E-state index in [2.05, 4.69) is 10.3 Å². The minimum Gasteiger partial charge on any atom is -0.494 e. The van der Waals surface area contributed by atoms with E-state index >= 15 is 0 Å². The minimum atomic E-state index is -4.16. The van der Waals surface area contributed by atoms with E-state index in [0.717, 1.165) is 3.97 Å². The summed E-state index contributed by atoms with van der Waals surface area (Å²) in [5.74, 6) is -0.557. The highest BCUT2D eigenvalue weighted by Crippen LogP contribution is 2.39. The number of carbonyl (C=O) groups excluding carboxylic acids is 1. The zero-order valence-corrected chi connectivity index (χ0v) is 17.4. The number of benzene rings is 1. The van der Waals surface area contributed by atoms with Gasteiger partial charge in [-0.1, -0.05) is 12.1 Å². The number of nitrogens with zero attached hydrogens (tertiary/aromatic N) is 2. The molecule has 0 saturated carbocycles. The molecular formula is C20H20FN3O5S. The van der Waals surface area contributed by atoms with Crippen LogP contribution in [-0.4, -0.2) is 37.6 Å². The number of alkyl carbamates (subject to hydrolysis) is 1. The first-order valence-corrected chi connectivity index (χ1v) is 10.3. The molecule has 10 heteroatoms. The maximum absolute atomic E-state index is 14.6. The highest BCUT2D eigenvalue weighted by atomic mass is 32.2. The summed E-state index contributed by atoms with van der Waals surface area (Å²) in [6.45, 7) is 1.45. The summed E-state index contributed by atoms with van der Waals surface area (Å²) in [6, 6.07) is 8.70. The summed E-state index contributed by atoms with van der Waals surface area (Å²) in [7, 11) is -1.44. The molecule has 0 aliphatic heterocycles. The Morgan fingerprint density at radius 3 is 2.57 bits per heavy atom. The summed E-state index contributed by atoms with van der Waals surface area (Å²) in [5, 5.41) is 2.30. The van der Waals surface area contributed by atoms with Gasteiger partial charge in [-0.15, -0.1) is 0 Å². The fraction of sp³-hybridized carbons (Fsp3) is 0.200. The van der Waals surface area contributed by atoms with E-state index in [1.165, 1.54) is 50.8 Å². The minimum absolute atomic E-state index is 0.0178. The molecule has 0 aliphatic carbocycles. The number of nitrogens with one attached hydrogen (secondary N) is 1. The molecule has 0 bridgehead atoms. The molecule has 0 atom stereocenters.